The number of para-hydroxylation sites is 3. The number of hydrogen-bond acceptors (Lipinski definition) is 4. The Balaban J connectivity index is 1.38. The molecule has 9 rings (SSSR count). The third-order valence-corrected chi connectivity index (χ3v) is 7.91. The minimum atomic E-state index is 0.828. The predicted octanol–water partition coefficient (Wildman–Crippen LogP) is 9.55. The van der Waals surface area contributed by atoms with Gasteiger partial charge in [-0.15, -0.1) is 10.2 Å². The van der Waals surface area contributed by atoms with Crippen LogP contribution in [0.5, 0.6) is 0 Å². The first kappa shape index (κ1) is 22.2. The highest BCUT2D eigenvalue weighted by Gasteiger charge is 2.21. The number of nitrogens with zero attached hydrogens (tertiary/aromatic N) is 3. The molecule has 0 atom stereocenters. The quantitative estimate of drug-likeness (QED) is 0.230. The number of hydrogen-bond donors (Lipinski definition) is 0. The van der Waals surface area contributed by atoms with Crippen LogP contribution in [0.25, 0.3) is 82.9 Å². The second-order valence-corrected chi connectivity index (χ2v) is 10.2. The Bertz CT molecular complexity index is 2280. The average Bonchev–Trinajstić information content (AvgIpc) is 3.74. The lowest BCUT2D eigenvalue weighted by molar-refractivity contribution is 0.668. The predicted molar refractivity (Wildman–Crippen MR) is 164 cm³/mol. The van der Waals surface area contributed by atoms with Crippen LogP contribution in [0.1, 0.15) is 0 Å². The summed E-state index contributed by atoms with van der Waals surface area (Å²) < 4.78 is 12.4. The second kappa shape index (κ2) is 8.41. The topological polar surface area (TPSA) is 57.0 Å². The molecule has 0 N–H and O–H groups in total. The zero-order valence-electron chi connectivity index (χ0n) is 21.8. The van der Waals surface area contributed by atoms with Gasteiger partial charge in [0.1, 0.15) is 33.4 Å². The number of furan rings is 2. The lowest BCUT2D eigenvalue weighted by Crippen LogP contribution is -1.97. The summed E-state index contributed by atoms with van der Waals surface area (Å²) in [6.45, 7) is 0. The molecular formula is C36H21N3O2. The van der Waals surface area contributed by atoms with Gasteiger partial charge >= 0.3 is 0 Å². The van der Waals surface area contributed by atoms with Gasteiger partial charge in [-0.05, 0) is 47.5 Å². The van der Waals surface area contributed by atoms with Gasteiger partial charge in [-0.3, -0.25) is 0 Å². The lowest BCUT2D eigenvalue weighted by atomic mass is 9.93. The number of rotatable bonds is 3. The van der Waals surface area contributed by atoms with E-state index in [9.17, 15) is 0 Å². The Morgan fingerprint density at radius 3 is 1.39 bits per heavy atom. The molecule has 0 aliphatic carbocycles. The zero-order valence-corrected chi connectivity index (χ0v) is 21.8. The summed E-state index contributed by atoms with van der Waals surface area (Å²) in [5.74, 6) is 0. The van der Waals surface area contributed by atoms with Crippen molar-refractivity contribution in [3.8, 4) is 27.9 Å². The largest absolute Gasteiger partial charge is 0.456 e. The van der Waals surface area contributed by atoms with E-state index in [-0.39, 0.29) is 0 Å². The fourth-order valence-corrected chi connectivity index (χ4v) is 6.10. The van der Waals surface area contributed by atoms with Gasteiger partial charge in [0.25, 0.3) is 0 Å². The van der Waals surface area contributed by atoms with Crippen LogP contribution in [0.15, 0.2) is 136 Å². The summed E-state index contributed by atoms with van der Waals surface area (Å²) >= 11 is 0. The first-order valence-electron chi connectivity index (χ1n) is 13.6. The highest BCUT2D eigenvalue weighted by atomic mass is 16.3. The number of benzene rings is 6. The van der Waals surface area contributed by atoms with Crippen molar-refractivity contribution in [2.24, 2.45) is 0 Å². The Morgan fingerprint density at radius 2 is 0.854 bits per heavy atom. The van der Waals surface area contributed by atoms with Crippen molar-refractivity contribution in [2.45, 2.75) is 0 Å². The van der Waals surface area contributed by atoms with E-state index in [4.69, 9.17) is 19.0 Å². The molecule has 41 heavy (non-hydrogen) atoms. The molecule has 0 saturated heterocycles. The van der Waals surface area contributed by atoms with Gasteiger partial charge in [-0.2, -0.15) is 4.80 Å². The van der Waals surface area contributed by atoms with E-state index in [0.29, 0.717) is 0 Å². The first-order valence-corrected chi connectivity index (χ1v) is 13.6. The molecule has 6 aromatic carbocycles. The summed E-state index contributed by atoms with van der Waals surface area (Å²) in [4.78, 5) is 1.74. The second-order valence-electron chi connectivity index (χ2n) is 10.2. The van der Waals surface area contributed by atoms with Crippen molar-refractivity contribution in [2.75, 3.05) is 0 Å². The van der Waals surface area contributed by atoms with Gasteiger partial charge in [0.15, 0.2) is 0 Å². The first-order chi connectivity index (χ1) is 20.3. The molecule has 3 heterocycles. The van der Waals surface area contributed by atoms with Crippen LogP contribution in [-0.2, 0) is 0 Å². The number of aromatic nitrogens is 3. The summed E-state index contributed by atoms with van der Waals surface area (Å²) in [6, 6.07) is 43.2. The fraction of sp³-hybridized carbons (Fsp3) is 0. The highest BCUT2D eigenvalue weighted by Crippen LogP contribution is 2.43. The summed E-state index contributed by atoms with van der Waals surface area (Å²) in [5, 5.41) is 14.5. The normalized spacial score (nSPS) is 11.9. The Kier molecular flexibility index (Phi) is 4.55. The van der Waals surface area contributed by atoms with E-state index >= 15 is 0 Å². The maximum atomic E-state index is 6.22. The smallest absolute Gasteiger partial charge is 0.136 e. The molecule has 192 valence electrons. The van der Waals surface area contributed by atoms with Crippen LogP contribution >= 0.6 is 0 Å². The molecule has 0 saturated carbocycles. The summed E-state index contributed by atoms with van der Waals surface area (Å²) in [5.41, 5.74) is 10.1. The molecule has 5 nitrogen and oxygen atoms in total. The Hall–Kier alpha value is -5.68. The van der Waals surface area contributed by atoms with Crippen molar-refractivity contribution in [3.63, 3.8) is 0 Å². The van der Waals surface area contributed by atoms with Gasteiger partial charge in [0.2, 0.25) is 0 Å². The van der Waals surface area contributed by atoms with E-state index in [1.807, 2.05) is 91.0 Å². The van der Waals surface area contributed by atoms with Crippen molar-refractivity contribution in [1.82, 2.24) is 15.0 Å². The molecule has 3 aromatic heterocycles. The zero-order chi connectivity index (χ0) is 26.9. The van der Waals surface area contributed by atoms with E-state index in [1.165, 1.54) is 0 Å². The van der Waals surface area contributed by atoms with Gasteiger partial charge < -0.3 is 8.83 Å². The Labute approximate surface area is 233 Å². The molecule has 0 aliphatic heterocycles. The van der Waals surface area contributed by atoms with E-state index in [0.717, 1.165) is 82.9 Å². The molecule has 0 unspecified atom stereocenters. The molecule has 0 fully saturated rings. The molecular weight excluding hydrogens is 506 g/mol. The minimum absolute atomic E-state index is 0.828. The maximum Gasteiger partial charge on any atom is 0.136 e. The van der Waals surface area contributed by atoms with Crippen LogP contribution in [0.4, 0.5) is 0 Å². The van der Waals surface area contributed by atoms with Crippen LogP contribution < -0.4 is 0 Å². The molecule has 9 aromatic rings. The van der Waals surface area contributed by atoms with Crippen LogP contribution in [0.3, 0.4) is 0 Å². The average molecular weight is 528 g/mol. The van der Waals surface area contributed by atoms with Crippen molar-refractivity contribution in [3.05, 3.63) is 127 Å². The summed E-state index contributed by atoms with van der Waals surface area (Å²) in [6.07, 6.45) is 0. The number of fused-ring (bicyclic) bond motifs is 7. The highest BCUT2D eigenvalue weighted by molar-refractivity contribution is 6.18. The van der Waals surface area contributed by atoms with Gasteiger partial charge in [0, 0.05) is 32.7 Å². The van der Waals surface area contributed by atoms with Crippen LogP contribution in [0.2, 0.25) is 0 Å². The summed E-state index contributed by atoms with van der Waals surface area (Å²) in [7, 11) is 0. The lowest BCUT2D eigenvalue weighted by Gasteiger charge is -2.09. The van der Waals surface area contributed by atoms with E-state index < -0.39 is 0 Å². The molecule has 0 amide bonds. The van der Waals surface area contributed by atoms with Crippen LogP contribution in [-0.4, -0.2) is 15.0 Å². The SMILES string of the molecule is c1ccc(-n2nc3c(-c4cccc5oc6ccccc6c45)ccc(-c4cccc5oc6ccccc6c45)c3n2)cc1. The van der Waals surface area contributed by atoms with E-state index in [2.05, 4.69) is 36.4 Å². The molecule has 0 aliphatic rings. The molecule has 0 spiro atoms. The van der Waals surface area contributed by atoms with Crippen molar-refractivity contribution >= 4 is 54.9 Å². The van der Waals surface area contributed by atoms with E-state index in [1.54, 1.807) is 4.80 Å². The van der Waals surface area contributed by atoms with Crippen LogP contribution in [0, 0.1) is 0 Å². The van der Waals surface area contributed by atoms with Crippen molar-refractivity contribution in [1.29, 1.82) is 0 Å². The van der Waals surface area contributed by atoms with Gasteiger partial charge in [-0.25, -0.2) is 0 Å². The Morgan fingerprint density at radius 1 is 0.390 bits per heavy atom. The minimum Gasteiger partial charge on any atom is -0.456 e. The standard InChI is InChI=1S/C36H21N3O2/c1-2-10-22(11-3-1)39-37-35-25(23-14-8-18-31-33(23)27-12-4-6-16-29(27)40-31)20-21-26(36(35)38-39)24-15-9-19-32-34(24)28-13-5-7-17-30(28)41-32/h1-21H. The van der Waals surface area contributed by atoms with Gasteiger partial charge in [-0.1, -0.05) is 91.0 Å². The monoisotopic (exact) mass is 527 g/mol. The van der Waals surface area contributed by atoms with Crippen molar-refractivity contribution < 1.29 is 8.83 Å². The van der Waals surface area contributed by atoms with Gasteiger partial charge in [0.05, 0.1) is 5.69 Å². The molecule has 0 radical (unpaired) electrons. The third-order valence-electron chi connectivity index (χ3n) is 7.91. The molecule has 0 bridgehead atoms. The fourth-order valence-electron chi connectivity index (χ4n) is 6.10. The maximum absolute atomic E-state index is 6.22. The third kappa shape index (κ3) is 3.23. The molecule has 5 heteroatoms.